The molecule has 6 nitrogen and oxygen atoms in total. The van der Waals surface area contributed by atoms with Gasteiger partial charge in [-0.25, -0.2) is 0 Å². The quantitative estimate of drug-likeness (QED) is 0.491. The summed E-state index contributed by atoms with van der Waals surface area (Å²) in [5.41, 5.74) is -0.304. The summed E-state index contributed by atoms with van der Waals surface area (Å²) in [6.45, 7) is 1.52. The summed E-state index contributed by atoms with van der Waals surface area (Å²) < 4.78 is 30.5. The number of rotatable bonds is 2. The maximum absolute atomic E-state index is 10.9. The number of aryl methyl sites for hydroxylation is 1. The number of nitrogens with zero attached hydrogens (tertiary/aromatic N) is 1. The molecule has 0 saturated carbocycles. The van der Waals surface area contributed by atoms with Gasteiger partial charge in [-0.05, 0) is 18.6 Å². The van der Waals surface area contributed by atoms with Crippen LogP contribution in [0.3, 0.4) is 0 Å². The topological polar surface area (TPSA) is 97.5 Å². The minimum Gasteiger partial charge on any atom is -0.282 e. The predicted molar refractivity (Wildman–Crippen MR) is 52.7 cm³/mol. The van der Waals surface area contributed by atoms with Gasteiger partial charge in [0.2, 0.25) is 0 Å². The van der Waals surface area contributed by atoms with Crippen molar-refractivity contribution < 1.29 is 17.9 Å². The summed E-state index contributed by atoms with van der Waals surface area (Å²) in [6.07, 6.45) is 0. The van der Waals surface area contributed by atoms with Gasteiger partial charge in [0.25, 0.3) is 5.69 Å². The van der Waals surface area contributed by atoms with Crippen LogP contribution in [0, 0.1) is 17.0 Å². The largest absolute Gasteiger partial charge is 0.302 e. The van der Waals surface area contributed by atoms with E-state index in [1.165, 1.54) is 13.0 Å². The van der Waals surface area contributed by atoms with Crippen molar-refractivity contribution in [3.8, 4) is 0 Å². The first-order valence-corrected chi connectivity index (χ1v) is 5.47. The predicted octanol–water partition coefficient (Wildman–Crippen LogP) is 1.80. The lowest BCUT2D eigenvalue weighted by Crippen LogP contribution is -2.04. The van der Waals surface area contributed by atoms with Crippen LogP contribution in [0.1, 0.15) is 5.56 Å². The molecule has 0 radical (unpaired) electrons. The lowest BCUT2D eigenvalue weighted by atomic mass is 10.2. The van der Waals surface area contributed by atoms with Gasteiger partial charge in [-0.1, -0.05) is 11.6 Å². The molecule has 1 N–H and O–H groups in total. The molecule has 0 aliphatic heterocycles. The second-order valence-electron chi connectivity index (χ2n) is 2.83. The van der Waals surface area contributed by atoms with E-state index in [1.54, 1.807) is 0 Å². The van der Waals surface area contributed by atoms with Crippen LogP contribution in [0.2, 0.25) is 5.02 Å². The molecule has 0 amide bonds. The number of halogens is 1. The van der Waals surface area contributed by atoms with Crippen LogP contribution < -0.4 is 0 Å². The Bertz CT molecular complexity index is 524. The van der Waals surface area contributed by atoms with E-state index in [0.29, 0.717) is 5.56 Å². The number of nitro groups is 1. The molecule has 0 unspecified atom stereocenters. The van der Waals surface area contributed by atoms with Crippen LogP contribution in [-0.2, 0) is 10.1 Å². The fourth-order valence-electron chi connectivity index (χ4n) is 1.10. The second kappa shape index (κ2) is 3.76. The Hall–Kier alpha value is -1.18. The van der Waals surface area contributed by atoms with Gasteiger partial charge >= 0.3 is 10.1 Å². The fourth-order valence-corrected chi connectivity index (χ4v) is 2.37. The Kier molecular flexibility index (Phi) is 2.98. The van der Waals surface area contributed by atoms with Crippen molar-refractivity contribution in [1.82, 2.24) is 0 Å². The molecule has 15 heavy (non-hydrogen) atoms. The molecule has 8 heteroatoms. The van der Waals surface area contributed by atoms with Gasteiger partial charge in [0.1, 0.15) is 0 Å². The molecule has 1 rings (SSSR count). The summed E-state index contributed by atoms with van der Waals surface area (Å²) >= 11 is 5.52. The molecule has 0 aromatic heterocycles. The standard InChI is InChI=1S/C7H6ClNO5S/c1-4-2-5(8)7(15(12,13)14)6(3-4)9(10)11/h2-3H,1H3,(H,12,13,14). The molecule has 0 aliphatic carbocycles. The van der Waals surface area contributed by atoms with E-state index in [1.807, 2.05) is 0 Å². The van der Waals surface area contributed by atoms with Gasteiger partial charge in [0.15, 0.2) is 4.90 Å². The second-order valence-corrected chi connectivity index (χ2v) is 4.59. The summed E-state index contributed by atoms with van der Waals surface area (Å²) in [5, 5.41) is 10.2. The first-order valence-electron chi connectivity index (χ1n) is 3.65. The highest BCUT2D eigenvalue weighted by molar-refractivity contribution is 7.86. The van der Waals surface area contributed by atoms with E-state index in [4.69, 9.17) is 16.2 Å². The van der Waals surface area contributed by atoms with Crippen molar-refractivity contribution >= 4 is 27.4 Å². The molecule has 1 aromatic rings. The Morgan fingerprint density at radius 2 is 2.00 bits per heavy atom. The molecule has 0 bridgehead atoms. The maximum Gasteiger partial charge on any atom is 0.302 e. The first kappa shape index (κ1) is 11.9. The van der Waals surface area contributed by atoms with E-state index in [9.17, 15) is 18.5 Å². The van der Waals surface area contributed by atoms with Crippen LogP contribution in [0.15, 0.2) is 17.0 Å². The van der Waals surface area contributed by atoms with Gasteiger partial charge in [-0.15, -0.1) is 0 Å². The van der Waals surface area contributed by atoms with Crippen molar-refractivity contribution in [2.45, 2.75) is 11.8 Å². The third kappa shape index (κ3) is 2.44. The van der Waals surface area contributed by atoms with E-state index in [2.05, 4.69) is 0 Å². The van der Waals surface area contributed by atoms with Gasteiger partial charge in [-0.3, -0.25) is 14.7 Å². The van der Waals surface area contributed by atoms with E-state index in [-0.39, 0.29) is 5.02 Å². The van der Waals surface area contributed by atoms with E-state index >= 15 is 0 Å². The Balaban J connectivity index is 3.70. The Morgan fingerprint density at radius 1 is 1.47 bits per heavy atom. The molecular weight excluding hydrogens is 246 g/mol. The molecule has 0 saturated heterocycles. The highest BCUT2D eigenvalue weighted by Gasteiger charge is 2.27. The monoisotopic (exact) mass is 251 g/mol. The van der Waals surface area contributed by atoms with Gasteiger partial charge in [-0.2, -0.15) is 8.42 Å². The third-order valence-electron chi connectivity index (χ3n) is 1.62. The highest BCUT2D eigenvalue weighted by atomic mass is 35.5. The number of hydrogen-bond acceptors (Lipinski definition) is 4. The van der Waals surface area contributed by atoms with Crippen molar-refractivity contribution in [2.24, 2.45) is 0 Å². The number of benzene rings is 1. The van der Waals surface area contributed by atoms with Crippen molar-refractivity contribution in [1.29, 1.82) is 0 Å². The molecule has 1 aromatic carbocycles. The number of hydrogen-bond donors (Lipinski definition) is 1. The molecule has 0 spiro atoms. The molecule has 82 valence electrons. The van der Waals surface area contributed by atoms with Crippen LogP contribution in [0.5, 0.6) is 0 Å². The zero-order valence-corrected chi connectivity index (χ0v) is 9.04. The van der Waals surface area contributed by atoms with Gasteiger partial charge in [0, 0.05) is 6.07 Å². The normalized spacial score (nSPS) is 11.4. The molecule has 0 aliphatic rings. The molecule has 0 heterocycles. The van der Waals surface area contributed by atoms with Crippen molar-refractivity contribution in [3.63, 3.8) is 0 Å². The third-order valence-corrected chi connectivity index (χ3v) is 2.98. The summed E-state index contributed by atoms with van der Waals surface area (Å²) in [6, 6.07) is 2.24. The average molecular weight is 252 g/mol. The summed E-state index contributed by atoms with van der Waals surface area (Å²) in [5.74, 6) is 0. The van der Waals surface area contributed by atoms with E-state index in [0.717, 1.165) is 6.07 Å². The molecular formula is C7H6ClNO5S. The Morgan fingerprint density at radius 3 is 2.40 bits per heavy atom. The van der Waals surface area contributed by atoms with Crippen molar-refractivity contribution in [2.75, 3.05) is 0 Å². The smallest absolute Gasteiger partial charge is 0.282 e. The van der Waals surface area contributed by atoms with Crippen LogP contribution in [0.25, 0.3) is 0 Å². The lowest BCUT2D eigenvalue weighted by Gasteiger charge is -2.03. The SMILES string of the molecule is Cc1cc(Cl)c(S(=O)(=O)O)c([N+](=O)[O-])c1. The minimum absolute atomic E-state index is 0.371. The maximum atomic E-state index is 10.9. The summed E-state index contributed by atoms with van der Waals surface area (Å²) in [7, 11) is -4.70. The zero-order valence-electron chi connectivity index (χ0n) is 7.47. The van der Waals surface area contributed by atoms with Gasteiger partial charge < -0.3 is 0 Å². The van der Waals surface area contributed by atoms with E-state index < -0.39 is 25.6 Å². The average Bonchev–Trinajstić information content (AvgIpc) is 1.99. The van der Waals surface area contributed by atoms with Crippen LogP contribution >= 0.6 is 11.6 Å². The lowest BCUT2D eigenvalue weighted by molar-refractivity contribution is -0.387. The van der Waals surface area contributed by atoms with Gasteiger partial charge in [0.05, 0.1) is 9.95 Å². The van der Waals surface area contributed by atoms with Crippen LogP contribution in [0.4, 0.5) is 5.69 Å². The van der Waals surface area contributed by atoms with Crippen LogP contribution in [-0.4, -0.2) is 17.9 Å². The first-order chi connectivity index (χ1) is 6.73. The highest BCUT2D eigenvalue weighted by Crippen LogP contribution is 2.32. The minimum atomic E-state index is -4.70. The number of nitro benzene ring substituents is 1. The molecule has 0 atom stereocenters. The zero-order chi connectivity index (χ0) is 11.8. The fraction of sp³-hybridized carbons (Fsp3) is 0.143. The van der Waals surface area contributed by atoms with Crippen molar-refractivity contribution in [3.05, 3.63) is 32.8 Å². The Labute approximate surface area is 90.4 Å². The molecule has 0 fully saturated rings. The summed E-state index contributed by atoms with van der Waals surface area (Å²) in [4.78, 5) is 8.75.